The third kappa shape index (κ3) is 2.53. The predicted octanol–water partition coefficient (Wildman–Crippen LogP) is 5.96. The van der Waals surface area contributed by atoms with Crippen molar-refractivity contribution in [3.63, 3.8) is 0 Å². The minimum atomic E-state index is 0.211. The Morgan fingerprint density at radius 1 is 1.25 bits per heavy atom. The van der Waals surface area contributed by atoms with Gasteiger partial charge in [0, 0.05) is 9.90 Å². The summed E-state index contributed by atoms with van der Waals surface area (Å²) in [5, 5.41) is 0.817. The second-order valence-corrected chi connectivity index (χ2v) is 7.28. The fourth-order valence-electron chi connectivity index (χ4n) is 1.52. The molecule has 0 bridgehead atoms. The molecule has 1 unspecified atom stereocenters. The summed E-state index contributed by atoms with van der Waals surface area (Å²) in [7, 11) is 0. The van der Waals surface area contributed by atoms with Crippen LogP contribution in [0, 0.1) is 6.92 Å². The van der Waals surface area contributed by atoms with Gasteiger partial charge < -0.3 is 0 Å². The van der Waals surface area contributed by atoms with Crippen LogP contribution in [0.15, 0.2) is 34.1 Å². The summed E-state index contributed by atoms with van der Waals surface area (Å²) in [6, 6.07) is 10.2. The normalized spacial score (nSPS) is 12.8. The number of hydrogen-bond acceptors (Lipinski definition) is 1. The Morgan fingerprint density at radius 2 is 2.00 bits per heavy atom. The van der Waals surface area contributed by atoms with E-state index in [1.54, 1.807) is 11.3 Å². The zero-order valence-electron chi connectivity index (χ0n) is 8.51. The quantitative estimate of drug-likeness (QED) is 0.564. The van der Waals surface area contributed by atoms with E-state index in [0.717, 1.165) is 14.4 Å². The summed E-state index contributed by atoms with van der Waals surface area (Å²) >= 11 is 15.1. The molecule has 16 heavy (non-hydrogen) atoms. The van der Waals surface area contributed by atoms with Crippen LogP contribution in [0.4, 0.5) is 0 Å². The zero-order chi connectivity index (χ0) is 11.7. The highest BCUT2D eigenvalue weighted by Gasteiger charge is 2.15. The molecule has 0 aliphatic rings. The maximum absolute atomic E-state index is 6.12. The second kappa shape index (κ2) is 5.21. The van der Waals surface area contributed by atoms with Crippen LogP contribution in [0.25, 0.3) is 0 Å². The van der Waals surface area contributed by atoms with Gasteiger partial charge in [0.1, 0.15) is 0 Å². The van der Waals surface area contributed by atoms with Gasteiger partial charge in [-0.05, 0) is 52.2 Å². The van der Waals surface area contributed by atoms with Gasteiger partial charge >= 0.3 is 0 Å². The summed E-state index contributed by atoms with van der Waals surface area (Å²) in [4.78, 5) is 1.49. The van der Waals surface area contributed by atoms with Crippen molar-refractivity contribution < 1.29 is 0 Å². The standard InChI is InChI=1S/C12H9Br2ClS/c1-7-8(3-2-4-9(7)15)12(14)10-5-6-11(13)16-10/h2-6,12H,1H3. The van der Waals surface area contributed by atoms with Crippen molar-refractivity contribution in [2.24, 2.45) is 0 Å². The first kappa shape index (κ1) is 12.6. The van der Waals surface area contributed by atoms with Crippen molar-refractivity contribution in [1.29, 1.82) is 0 Å². The van der Waals surface area contributed by atoms with Gasteiger partial charge in [-0.3, -0.25) is 0 Å². The van der Waals surface area contributed by atoms with Crippen LogP contribution in [0.5, 0.6) is 0 Å². The van der Waals surface area contributed by atoms with Crippen LogP contribution in [0.2, 0.25) is 5.02 Å². The third-order valence-electron chi connectivity index (χ3n) is 2.43. The number of hydrogen-bond donors (Lipinski definition) is 0. The SMILES string of the molecule is Cc1c(Cl)cccc1C(Br)c1ccc(Br)s1. The molecule has 4 heteroatoms. The molecule has 1 atom stereocenters. The molecular weight excluding hydrogens is 371 g/mol. The lowest BCUT2D eigenvalue weighted by Crippen LogP contribution is -1.93. The van der Waals surface area contributed by atoms with E-state index in [1.165, 1.54) is 10.4 Å². The van der Waals surface area contributed by atoms with Crippen LogP contribution >= 0.6 is 54.8 Å². The number of benzene rings is 1. The lowest BCUT2D eigenvalue weighted by atomic mass is 10.1. The number of halogens is 3. The minimum Gasteiger partial charge on any atom is -0.132 e. The molecule has 0 radical (unpaired) electrons. The van der Waals surface area contributed by atoms with Gasteiger partial charge in [0.05, 0.1) is 8.61 Å². The van der Waals surface area contributed by atoms with Crippen molar-refractivity contribution in [2.45, 2.75) is 11.8 Å². The zero-order valence-corrected chi connectivity index (χ0v) is 13.3. The van der Waals surface area contributed by atoms with Crippen LogP contribution < -0.4 is 0 Å². The van der Waals surface area contributed by atoms with Crippen molar-refractivity contribution in [1.82, 2.24) is 0 Å². The summed E-state index contributed by atoms with van der Waals surface area (Å²) in [5.41, 5.74) is 2.36. The Bertz CT molecular complexity index is 507. The highest BCUT2D eigenvalue weighted by Crippen LogP contribution is 2.39. The average molecular weight is 381 g/mol. The van der Waals surface area contributed by atoms with Crippen molar-refractivity contribution in [3.8, 4) is 0 Å². The first-order valence-corrected chi connectivity index (χ1v) is 7.64. The molecular formula is C12H9Br2ClS. The Hall–Kier alpha value is 0.170. The topological polar surface area (TPSA) is 0 Å². The molecule has 0 nitrogen and oxygen atoms in total. The summed E-state index contributed by atoms with van der Waals surface area (Å²) < 4.78 is 1.15. The lowest BCUT2D eigenvalue weighted by Gasteiger charge is -2.12. The Morgan fingerprint density at radius 3 is 2.62 bits per heavy atom. The van der Waals surface area contributed by atoms with E-state index in [0.29, 0.717) is 0 Å². The van der Waals surface area contributed by atoms with Crippen LogP contribution in [-0.2, 0) is 0 Å². The highest BCUT2D eigenvalue weighted by molar-refractivity contribution is 9.11. The van der Waals surface area contributed by atoms with E-state index in [-0.39, 0.29) is 4.83 Å². The van der Waals surface area contributed by atoms with Crippen molar-refractivity contribution in [2.75, 3.05) is 0 Å². The molecule has 0 spiro atoms. The molecule has 0 aliphatic heterocycles. The molecule has 2 rings (SSSR count). The number of thiophene rings is 1. The number of rotatable bonds is 2. The van der Waals surface area contributed by atoms with Gasteiger partial charge in [0.15, 0.2) is 0 Å². The Labute approximate surface area is 121 Å². The molecule has 0 amide bonds. The Kier molecular flexibility index (Phi) is 4.11. The monoisotopic (exact) mass is 378 g/mol. The van der Waals surface area contributed by atoms with E-state index in [9.17, 15) is 0 Å². The average Bonchev–Trinajstić information content (AvgIpc) is 2.68. The van der Waals surface area contributed by atoms with Gasteiger partial charge in [0.2, 0.25) is 0 Å². The maximum atomic E-state index is 6.12. The number of alkyl halides is 1. The van der Waals surface area contributed by atoms with Gasteiger partial charge in [-0.15, -0.1) is 11.3 Å². The van der Waals surface area contributed by atoms with Crippen molar-refractivity contribution in [3.05, 3.63) is 55.1 Å². The summed E-state index contributed by atoms with van der Waals surface area (Å²) in [6.45, 7) is 2.05. The van der Waals surface area contributed by atoms with E-state index >= 15 is 0 Å². The van der Waals surface area contributed by atoms with Gasteiger partial charge in [-0.25, -0.2) is 0 Å². The van der Waals surface area contributed by atoms with Crippen LogP contribution in [-0.4, -0.2) is 0 Å². The first-order chi connectivity index (χ1) is 7.59. The molecule has 1 heterocycles. The minimum absolute atomic E-state index is 0.211. The van der Waals surface area contributed by atoms with E-state index < -0.39 is 0 Å². The first-order valence-electron chi connectivity index (χ1n) is 4.74. The van der Waals surface area contributed by atoms with Gasteiger partial charge in [-0.1, -0.05) is 39.7 Å². The molecule has 2 aromatic rings. The molecule has 84 valence electrons. The van der Waals surface area contributed by atoms with Gasteiger partial charge in [-0.2, -0.15) is 0 Å². The molecule has 1 aromatic carbocycles. The second-order valence-electron chi connectivity index (χ2n) is 3.46. The predicted molar refractivity (Wildman–Crippen MR) is 79.0 cm³/mol. The molecule has 0 N–H and O–H groups in total. The van der Waals surface area contributed by atoms with E-state index in [1.807, 2.05) is 12.1 Å². The molecule has 0 fully saturated rings. The molecule has 1 aromatic heterocycles. The molecule has 0 aliphatic carbocycles. The fraction of sp³-hybridized carbons (Fsp3) is 0.167. The molecule has 0 saturated carbocycles. The largest absolute Gasteiger partial charge is 0.132 e. The van der Waals surface area contributed by atoms with Crippen LogP contribution in [0.3, 0.4) is 0 Å². The van der Waals surface area contributed by atoms with E-state index in [2.05, 4.69) is 57.0 Å². The summed E-state index contributed by atoms with van der Waals surface area (Å²) in [6.07, 6.45) is 0. The molecule has 0 saturated heterocycles. The summed E-state index contributed by atoms with van der Waals surface area (Å²) in [5.74, 6) is 0. The maximum Gasteiger partial charge on any atom is 0.0741 e. The van der Waals surface area contributed by atoms with Crippen LogP contribution in [0.1, 0.15) is 20.8 Å². The lowest BCUT2D eigenvalue weighted by molar-refractivity contribution is 1.18. The third-order valence-corrected chi connectivity index (χ3v) is 5.81. The smallest absolute Gasteiger partial charge is 0.0741 e. The van der Waals surface area contributed by atoms with Crippen molar-refractivity contribution >= 4 is 54.8 Å². The highest BCUT2D eigenvalue weighted by atomic mass is 79.9. The fourth-order valence-corrected chi connectivity index (χ4v) is 4.05. The van der Waals surface area contributed by atoms with E-state index in [4.69, 9.17) is 11.6 Å². The Balaban J connectivity index is 2.41. The van der Waals surface area contributed by atoms with Gasteiger partial charge in [0.25, 0.3) is 0 Å².